The Morgan fingerprint density at radius 2 is 2.15 bits per heavy atom. The van der Waals surface area contributed by atoms with E-state index < -0.39 is 5.54 Å². The Morgan fingerprint density at radius 1 is 1.45 bits per heavy atom. The maximum absolute atomic E-state index is 12.8. The first-order valence-corrected chi connectivity index (χ1v) is 7.63. The molecule has 0 aromatic heterocycles. The predicted molar refractivity (Wildman–Crippen MR) is 83.0 cm³/mol. The van der Waals surface area contributed by atoms with Crippen molar-refractivity contribution in [2.24, 2.45) is 0 Å². The number of rotatable bonds is 2. The number of halogens is 2. The van der Waals surface area contributed by atoms with Crippen LogP contribution in [0.1, 0.15) is 26.7 Å². The van der Waals surface area contributed by atoms with E-state index in [0.717, 1.165) is 0 Å². The summed E-state index contributed by atoms with van der Waals surface area (Å²) >= 11 is 9.50. The monoisotopic (exact) mass is 358 g/mol. The molecular formula is C14H16BrClN2O2. The number of carbonyl (C=O) groups excluding carboxylic acids is 2. The third-order valence-electron chi connectivity index (χ3n) is 3.62. The molecule has 0 saturated carbocycles. The molecule has 2 amide bonds. The summed E-state index contributed by atoms with van der Waals surface area (Å²) in [6, 6.07) is 5.36. The molecule has 1 fully saturated rings. The van der Waals surface area contributed by atoms with Crippen LogP contribution in [0, 0.1) is 0 Å². The van der Waals surface area contributed by atoms with E-state index in [4.69, 9.17) is 11.6 Å². The molecule has 1 aromatic carbocycles. The van der Waals surface area contributed by atoms with Gasteiger partial charge in [0.2, 0.25) is 5.91 Å². The first-order valence-electron chi connectivity index (χ1n) is 6.46. The molecule has 1 unspecified atom stereocenters. The number of anilines is 1. The van der Waals surface area contributed by atoms with Crippen LogP contribution in [-0.2, 0) is 9.59 Å². The second-order valence-corrected chi connectivity index (χ2v) is 6.21. The molecule has 1 aliphatic heterocycles. The number of benzene rings is 1. The molecule has 0 spiro atoms. The lowest BCUT2D eigenvalue weighted by Crippen LogP contribution is -2.54. The Labute approximate surface area is 131 Å². The second-order valence-electron chi connectivity index (χ2n) is 5.01. The minimum absolute atomic E-state index is 0.108. The molecule has 0 radical (unpaired) electrons. The molecule has 1 saturated heterocycles. The highest BCUT2D eigenvalue weighted by molar-refractivity contribution is 9.10. The number of nitrogens with one attached hydrogen (secondary N) is 1. The first kappa shape index (κ1) is 15.3. The molecule has 4 nitrogen and oxygen atoms in total. The van der Waals surface area contributed by atoms with Crippen LogP contribution in [0.3, 0.4) is 0 Å². The molecule has 108 valence electrons. The summed E-state index contributed by atoms with van der Waals surface area (Å²) in [5.41, 5.74) is -0.186. The van der Waals surface area contributed by atoms with Gasteiger partial charge in [-0.25, -0.2) is 0 Å². The van der Waals surface area contributed by atoms with E-state index in [2.05, 4.69) is 21.2 Å². The SMILES string of the molecule is CCC1(C)NC(=O)CCN(c2cccc(Cl)c2Br)C1=O. The van der Waals surface area contributed by atoms with Crippen LogP contribution in [-0.4, -0.2) is 23.9 Å². The van der Waals surface area contributed by atoms with Gasteiger partial charge in [0.05, 0.1) is 15.2 Å². The maximum atomic E-state index is 12.8. The summed E-state index contributed by atoms with van der Waals surface area (Å²) in [6.07, 6.45) is 0.812. The van der Waals surface area contributed by atoms with Crippen LogP contribution in [0.2, 0.25) is 5.02 Å². The third-order valence-corrected chi connectivity index (χ3v) is 5.00. The highest BCUT2D eigenvalue weighted by atomic mass is 79.9. The molecule has 6 heteroatoms. The molecule has 1 atom stereocenters. The highest BCUT2D eigenvalue weighted by Gasteiger charge is 2.40. The van der Waals surface area contributed by atoms with Crippen LogP contribution in [0.15, 0.2) is 22.7 Å². The lowest BCUT2D eigenvalue weighted by atomic mass is 9.97. The van der Waals surface area contributed by atoms with Gasteiger partial charge in [0.1, 0.15) is 5.54 Å². The summed E-state index contributed by atoms with van der Waals surface area (Å²) in [5.74, 6) is -0.225. The summed E-state index contributed by atoms with van der Waals surface area (Å²) in [4.78, 5) is 26.2. The quantitative estimate of drug-likeness (QED) is 0.882. The molecular weight excluding hydrogens is 344 g/mol. The van der Waals surface area contributed by atoms with Crippen molar-refractivity contribution >= 4 is 45.0 Å². The van der Waals surface area contributed by atoms with E-state index >= 15 is 0 Å². The van der Waals surface area contributed by atoms with Crippen LogP contribution in [0.25, 0.3) is 0 Å². The van der Waals surface area contributed by atoms with Gasteiger partial charge in [-0.2, -0.15) is 0 Å². The van der Waals surface area contributed by atoms with Crippen molar-refractivity contribution in [3.8, 4) is 0 Å². The average molecular weight is 360 g/mol. The van der Waals surface area contributed by atoms with E-state index in [1.165, 1.54) is 0 Å². The van der Waals surface area contributed by atoms with Gasteiger partial charge in [0, 0.05) is 13.0 Å². The highest BCUT2D eigenvalue weighted by Crippen LogP contribution is 2.35. The van der Waals surface area contributed by atoms with Gasteiger partial charge >= 0.3 is 0 Å². The van der Waals surface area contributed by atoms with E-state index in [1.807, 2.05) is 13.0 Å². The Kier molecular flexibility index (Phi) is 4.39. The van der Waals surface area contributed by atoms with Gasteiger partial charge in [-0.1, -0.05) is 24.6 Å². The zero-order valence-corrected chi connectivity index (χ0v) is 13.7. The molecule has 1 aromatic rings. The van der Waals surface area contributed by atoms with Gasteiger partial charge in [-0.05, 0) is 41.4 Å². The molecule has 0 aliphatic carbocycles. The number of carbonyl (C=O) groups is 2. The van der Waals surface area contributed by atoms with Crippen molar-refractivity contribution in [1.29, 1.82) is 0 Å². The third kappa shape index (κ3) is 2.69. The lowest BCUT2D eigenvalue weighted by molar-refractivity contribution is -0.129. The summed E-state index contributed by atoms with van der Waals surface area (Å²) in [7, 11) is 0. The fraction of sp³-hybridized carbons (Fsp3) is 0.429. The molecule has 20 heavy (non-hydrogen) atoms. The minimum Gasteiger partial charge on any atom is -0.342 e. The largest absolute Gasteiger partial charge is 0.342 e. The molecule has 2 rings (SSSR count). The minimum atomic E-state index is -0.880. The van der Waals surface area contributed by atoms with E-state index in [9.17, 15) is 9.59 Å². The average Bonchev–Trinajstić information content (AvgIpc) is 2.52. The van der Waals surface area contributed by atoms with Crippen LogP contribution in [0.5, 0.6) is 0 Å². The van der Waals surface area contributed by atoms with Gasteiger partial charge in [-0.3, -0.25) is 9.59 Å². The normalized spacial score (nSPS) is 23.5. The summed E-state index contributed by atoms with van der Waals surface area (Å²) in [5, 5.41) is 3.35. The predicted octanol–water partition coefficient (Wildman–Crippen LogP) is 3.12. The molecule has 1 aliphatic rings. The van der Waals surface area contributed by atoms with Crippen molar-refractivity contribution in [1.82, 2.24) is 5.32 Å². The van der Waals surface area contributed by atoms with Crippen molar-refractivity contribution < 1.29 is 9.59 Å². The topological polar surface area (TPSA) is 49.4 Å². The molecule has 1 N–H and O–H groups in total. The first-order chi connectivity index (χ1) is 9.39. The van der Waals surface area contributed by atoms with Crippen LogP contribution >= 0.6 is 27.5 Å². The van der Waals surface area contributed by atoms with Crippen LogP contribution in [0.4, 0.5) is 5.69 Å². The van der Waals surface area contributed by atoms with Crippen molar-refractivity contribution in [3.05, 3.63) is 27.7 Å². The van der Waals surface area contributed by atoms with Crippen molar-refractivity contribution in [3.63, 3.8) is 0 Å². The summed E-state index contributed by atoms with van der Waals surface area (Å²) < 4.78 is 0.669. The van der Waals surface area contributed by atoms with Crippen molar-refractivity contribution in [2.45, 2.75) is 32.2 Å². The molecule has 1 heterocycles. The van der Waals surface area contributed by atoms with Crippen molar-refractivity contribution in [2.75, 3.05) is 11.4 Å². The van der Waals surface area contributed by atoms with E-state index in [0.29, 0.717) is 28.1 Å². The lowest BCUT2D eigenvalue weighted by Gasteiger charge is -2.31. The van der Waals surface area contributed by atoms with Gasteiger partial charge in [0.15, 0.2) is 0 Å². The Hall–Kier alpha value is -1.07. The summed E-state index contributed by atoms with van der Waals surface area (Å²) in [6.45, 7) is 3.98. The van der Waals surface area contributed by atoms with Crippen LogP contribution < -0.4 is 10.2 Å². The number of hydrogen-bond acceptors (Lipinski definition) is 2. The number of amides is 2. The zero-order valence-electron chi connectivity index (χ0n) is 11.4. The molecule has 0 bridgehead atoms. The number of hydrogen-bond donors (Lipinski definition) is 1. The maximum Gasteiger partial charge on any atom is 0.252 e. The van der Waals surface area contributed by atoms with Gasteiger partial charge in [0.25, 0.3) is 5.91 Å². The fourth-order valence-electron chi connectivity index (χ4n) is 2.21. The number of nitrogens with zero attached hydrogens (tertiary/aromatic N) is 1. The van der Waals surface area contributed by atoms with E-state index in [1.54, 1.807) is 24.0 Å². The standard InChI is InChI=1S/C14H16BrClN2O2/c1-3-14(2)13(20)18(8-7-11(19)17-14)10-6-4-5-9(16)12(10)15/h4-6H,3,7-8H2,1-2H3,(H,17,19). The van der Waals surface area contributed by atoms with Gasteiger partial charge < -0.3 is 10.2 Å². The van der Waals surface area contributed by atoms with Gasteiger partial charge in [-0.15, -0.1) is 0 Å². The van der Waals surface area contributed by atoms with E-state index in [-0.39, 0.29) is 18.2 Å². The Balaban J connectivity index is 2.47. The Bertz CT molecular complexity index is 564. The Morgan fingerprint density at radius 3 is 2.80 bits per heavy atom. The second kappa shape index (κ2) is 5.74. The fourth-order valence-corrected chi connectivity index (χ4v) is 2.85. The smallest absolute Gasteiger partial charge is 0.252 e. The zero-order chi connectivity index (χ0) is 14.9.